The second-order valence-electron chi connectivity index (χ2n) is 1.26. The van der Waals surface area contributed by atoms with Crippen LogP contribution in [-0.4, -0.2) is 31.3 Å². The predicted molar refractivity (Wildman–Crippen MR) is 29.0 cm³/mol. The second-order valence-corrected chi connectivity index (χ2v) is 1.26. The summed E-state index contributed by atoms with van der Waals surface area (Å²) in [6.45, 7) is 2.28. The van der Waals surface area contributed by atoms with E-state index in [1.54, 1.807) is 0 Å². The molecule has 0 aromatic heterocycles. The van der Waals surface area contributed by atoms with Gasteiger partial charge in [-0.1, -0.05) is 0 Å². The van der Waals surface area contributed by atoms with E-state index in [2.05, 4.69) is 5.32 Å². The van der Waals surface area contributed by atoms with Crippen molar-refractivity contribution in [1.82, 2.24) is 5.32 Å². The molecule has 3 nitrogen and oxygen atoms in total. The Morgan fingerprint density at radius 3 is 2.38 bits per heavy atom. The number of aliphatic hydroxyl groups is 1. The van der Waals surface area contributed by atoms with Crippen molar-refractivity contribution in [3.8, 4) is 0 Å². The van der Waals surface area contributed by atoms with Gasteiger partial charge in [-0.05, 0) is 0 Å². The predicted octanol–water partition coefficient (Wildman–Crippen LogP) is -1.48. The average Bonchev–Trinajstić information content (AvgIpc) is 1.69. The summed E-state index contributed by atoms with van der Waals surface area (Å²) in [5, 5.41) is 11.1. The van der Waals surface area contributed by atoms with Crippen molar-refractivity contribution in [1.29, 1.82) is 0 Å². The van der Waals surface area contributed by atoms with Crippen LogP contribution in [0.15, 0.2) is 0 Å². The van der Waals surface area contributed by atoms with E-state index in [0.717, 1.165) is 6.54 Å². The molecule has 0 spiro atoms. The molecule has 8 heavy (non-hydrogen) atoms. The first kappa shape index (κ1) is 11.4. The molecular formula is C4H12N2OTi. The van der Waals surface area contributed by atoms with Gasteiger partial charge in [0.15, 0.2) is 0 Å². The first-order valence-corrected chi connectivity index (χ1v) is 2.43. The largest absolute Gasteiger partial charge is 0.395 e. The van der Waals surface area contributed by atoms with Gasteiger partial charge < -0.3 is 16.2 Å². The molecule has 48 valence electrons. The topological polar surface area (TPSA) is 58.3 Å². The number of hydrogen-bond acceptors (Lipinski definition) is 3. The Hall–Kier alpha value is 0.594. The van der Waals surface area contributed by atoms with E-state index in [1.807, 2.05) is 0 Å². The summed E-state index contributed by atoms with van der Waals surface area (Å²) >= 11 is 0. The summed E-state index contributed by atoms with van der Waals surface area (Å²) in [7, 11) is 0. The minimum absolute atomic E-state index is 0. The van der Waals surface area contributed by atoms with Crippen molar-refractivity contribution in [2.75, 3.05) is 26.2 Å². The smallest absolute Gasteiger partial charge is 0.0555 e. The Labute approximate surface area is 64.5 Å². The second kappa shape index (κ2) is 10.6. The molecule has 4 N–H and O–H groups in total. The van der Waals surface area contributed by atoms with E-state index < -0.39 is 0 Å². The standard InChI is InChI=1S/C4H12N2O.Ti/c5-1-2-6-3-4-7;/h6-7H,1-5H2;. The molecule has 0 bridgehead atoms. The number of aliphatic hydroxyl groups excluding tert-OH is 1. The van der Waals surface area contributed by atoms with Gasteiger partial charge in [-0.2, -0.15) is 0 Å². The zero-order valence-electron chi connectivity index (χ0n) is 4.85. The van der Waals surface area contributed by atoms with Crippen LogP contribution in [0.2, 0.25) is 0 Å². The molecule has 0 saturated carbocycles. The zero-order chi connectivity index (χ0) is 5.54. The fraction of sp³-hybridized carbons (Fsp3) is 1.00. The van der Waals surface area contributed by atoms with Gasteiger partial charge in [0.1, 0.15) is 0 Å². The first-order valence-electron chi connectivity index (χ1n) is 2.43. The van der Waals surface area contributed by atoms with Gasteiger partial charge in [0.25, 0.3) is 0 Å². The summed E-state index contributed by atoms with van der Waals surface area (Å²) in [6.07, 6.45) is 0. The molecule has 0 aliphatic rings. The molecule has 0 saturated heterocycles. The third-order valence-corrected chi connectivity index (χ3v) is 0.610. The third kappa shape index (κ3) is 9.78. The SMILES string of the molecule is NCCNCCO.[Ti]. The third-order valence-electron chi connectivity index (χ3n) is 0.610. The van der Waals surface area contributed by atoms with Crippen LogP contribution >= 0.6 is 0 Å². The van der Waals surface area contributed by atoms with Gasteiger partial charge in [-0.3, -0.25) is 0 Å². The maximum Gasteiger partial charge on any atom is 0.0555 e. The van der Waals surface area contributed by atoms with E-state index in [1.165, 1.54) is 0 Å². The van der Waals surface area contributed by atoms with Crippen LogP contribution in [0.5, 0.6) is 0 Å². The van der Waals surface area contributed by atoms with Crippen molar-refractivity contribution < 1.29 is 26.8 Å². The van der Waals surface area contributed by atoms with Gasteiger partial charge in [0.05, 0.1) is 6.61 Å². The minimum Gasteiger partial charge on any atom is -0.395 e. The average molecular weight is 152 g/mol. The number of nitrogens with one attached hydrogen (secondary N) is 1. The fourth-order valence-corrected chi connectivity index (χ4v) is 0.306. The van der Waals surface area contributed by atoms with Gasteiger partial charge >= 0.3 is 0 Å². The van der Waals surface area contributed by atoms with E-state index in [-0.39, 0.29) is 28.3 Å². The maximum atomic E-state index is 8.19. The molecule has 0 aliphatic heterocycles. The summed E-state index contributed by atoms with van der Waals surface area (Å²) in [6, 6.07) is 0. The van der Waals surface area contributed by atoms with Crippen molar-refractivity contribution in [3.63, 3.8) is 0 Å². The monoisotopic (exact) mass is 152 g/mol. The minimum atomic E-state index is 0. The maximum absolute atomic E-state index is 8.19. The van der Waals surface area contributed by atoms with Gasteiger partial charge in [-0.25, -0.2) is 0 Å². The Morgan fingerprint density at radius 1 is 1.38 bits per heavy atom. The van der Waals surface area contributed by atoms with Crippen LogP contribution in [0, 0.1) is 0 Å². The van der Waals surface area contributed by atoms with E-state index in [9.17, 15) is 0 Å². The van der Waals surface area contributed by atoms with Crippen LogP contribution < -0.4 is 11.1 Å². The quantitative estimate of drug-likeness (QED) is 0.340. The Kier molecular flexibility index (Phi) is 15.0. The Bertz CT molecular complexity index is 33.2. The van der Waals surface area contributed by atoms with Crippen molar-refractivity contribution in [2.24, 2.45) is 5.73 Å². The van der Waals surface area contributed by atoms with Crippen LogP contribution in [0.4, 0.5) is 0 Å². The molecule has 0 heterocycles. The van der Waals surface area contributed by atoms with Crippen molar-refractivity contribution in [2.45, 2.75) is 0 Å². The molecule has 0 rings (SSSR count). The van der Waals surface area contributed by atoms with Gasteiger partial charge in [-0.15, -0.1) is 0 Å². The van der Waals surface area contributed by atoms with Gasteiger partial charge in [0, 0.05) is 41.4 Å². The van der Waals surface area contributed by atoms with Crippen LogP contribution in [-0.2, 0) is 21.7 Å². The Balaban J connectivity index is 0. The summed E-state index contributed by atoms with van der Waals surface area (Å²) < 4.78 is 0. The molecule has 4 heteroatoms. The number of nitrogens with two attached hydrogens (primary N) is 1. The zero-order valence-corrected chi connectivity index (χ0v) is 6.41. The molecule has 0 aromatic rings. The summed E-state index contributed by atoms with van der Waals surface area (Å²) in [5.41, 5.74) is 5.13. The molecule has 0 unspecified atom stereocenters. The van der Waals surface area contributed by atoms with Crippen molar-refractivity contribution in [3.05, 3.63) is 0 Å². The molecular weight excluding hydrogens is 140 g/mol. The van der Waals surface area contributed by atoms with Crippen LogP contribution in [0.1, 0.15) is 0 Å². The van der Waals surface area contributed by atoms with E-state index in [4.69, 9.17) is 10.8 Å². The molecule has 0 radical (unpaired) electrons. The van der Waals surface area contributed by atoms with Crippen LogP contribution in [0.3, 0.4) is 0 Å². The van der Waals surface area contributed by atoms with E-state index >= 15 is 0 Å². The molecule has 0 fully saturated rings. The Morgan fingerprint density at radius 2 is 2.00 bits per heavy atom. The number of hydrogen-bond donors (Lipinski definition) is 3. The number of rotatable bonds is 4. The molecule has 0 amide bonds. The fourth-order valence-electron chi connectivity index (χ4n) is 0.306. The molecule has 0 atom stereocenters. The first-order chi connectivity index (χ1) is 3.41. The van der Waals surface area contributed by atoms with Crippen molar-refractivity contribution >= 4 is 0 Å². The summed E-state index contributed by atoms with van der Waals surface area (Å²) in [5.74, 6) is 0. The summed E-state index contributed by atoms with van der Waals surface area (Å²) in [4.78, 5) is 0. The normalized spacial score (nSPS) is 8.25. The van der Waals surface area contributed by atoms with E-state index in [0.29, 0.717) is 13.1 Å². The van der Waals surface area contributed by atoms with Gasteiger partial charge in [0.2, 0.25) is 0 Å². The van der Waals surface area contributed by atoms with Crippen LogP contribution in [0.25, 0.3) is 0 Å². The molecule has 0 aliphatic carbocycles. The molecule has 0 aromatic carbocycles.